The van der Waals surface area contributed by atoms with E-state index in [9.17, 15) is 14.9 Å². The molecule has 2 rings (SSSR count). The Balaban J connectivity index is 2.18. The van der Waals surface area contributed by atoms with Gasteiger partial charge in [0.15, 0.2) is 0 Å². The van der Waals surface area contributed by atoms with Gasteiger partial charge >= 0.3 is 5.97 Å². The predicted octanol–water partition coefficient (Wildman–Crippen LogP) is 1.72. The van der Waals surface area contributed by atoms with Crippen LogP contribution in [0.4, 0.5) is 0 Å². The van der Waals surface area contributed by atoms with Gasteiger partial charge in [0.1, 0.15) is 10.8 Å². The Morgan fingerprint density at radius 2 is 2.06 bits per heavy atom. The third kappa shape index (κ3) is 2.60. The fourth-order valence-corrected chi connectivity index (χ4v) is 1.66. The van der Waals surface area contributed by atoms with Crippen molar-refractivity contribution in [3.05, 3.63) is 51.2 Å². The lowest BCUT2D eigenvalue weighted by molar-refractivity contribution is -0.487. The van der Waals surface area contributed by atoms with Crippen LogP contribution in [-0.2, 0) is 9.53 Å². The molecule has 1 aliphatic rings. The summed E-state index contributed by atoms with van der Waals surface area (Å²) in [4.78, 5) is 21.2. The Kier molecular flexibility index (Phi) is 3.47. The summed E-state index contributed by atoms with van der Waals surface area (Å²) in [5.74, 6) is -0.588. The molecule has 18 heavy (non-hydrogen) atoms. The maximum absolute atomic E-state index is 11.5. The molecule has 0 saturated carbocycles. The number of benzene rings is 1. The van der Waals surface area contributed by atoms with E-state index in [0.717, 1.165) is 0 Å². The maximum atomic E-state index is 11.5. The SMILES string of the molecule is O=C1OC(C[N+](=O)[O-])C(Cl)=C1Oc1ccccc1. The van der Waals surface area contributed by atoms with Gasteiger partial charge in [0.2, 0.25) is 18.4 Å². The summed E-state index contributed by atoms with van der Waals surface area (Å²) in [6.07, 6.45) is -1.08. The van der Waals surface area contributed by atoms with Gasteiger partial charge < -0.3 is 9.47 Å². The van der Waals surface area contributed by atoms with Crippen LogP contribution in [0.5, 0.6) is 5.75 Å². The highest BCUT2D eigenvalue weighted by Crippen LogP contribution is 2.28. The van der Waals surface area contributed by atoms with Crippen molar-refractivity contribution in [2.75, 3.05) is 6.54 Å². The Morgan fingerprint density at radius 3 is 2.67 bits per heavy atom. The number of para-hydroxylation sites is 1. The molecule has 6 nitrogen and oxygen atoms in total. The number of nitro groups is 1. The summed E-state index contributed by atoms with van der Waals surface area (Å²) in [5, 5.41) is 10.3. The summed E-state index contributed by atoms with van der Waals surface area (Å²) in [6.45, 7) is -0.577. The number of hydrogen-bond donors (Lipinski definition) is 0. The van der Waals surface area contributed by atoms with Gasteiger partial charge in [-0.15, -0.1) is 0 Å². The van der Waals surface area contributed by atoms with Gasteiger partial charge in [-0.1, -0.05) is 29.8 Å². The summed E-state index contributed by atoms with van der Waals surface area (Å²) in [5.41, 5.74) is 0. The lowest BCUT2D eigenvalue weighted by atomic mass is 10.3. The van der Waals surface area contributed by atoms with Gasteiger partial charge in [0.25, 0.3) is 0 Å². The number of carbonyl (C=O) groups is 1. The number of ether oxygens (including phenoxy) is 2. The molecule has 0 amide bonds. The van der Waals surface area contributed by atoms with Gasteiger partial charge in [-0.3, -0.25) is 10.1 Å². The largest absolute Gasteiger partial charge is 0.448 e. The molecule has 0 aliphatic carbocycles. The molecule has 1 atom stereocenters. The van der Waals surface area contributed by atoms with Crippen molar-refractivity contribution in [3.8, 4) is 5.75 Å². The minimum absolute atomic E-state index is 0.0828. The minimum Gasteiger partial charge on any atom is -0.448 e. The number of hydrogen-bond acceptors (Lipinski definition) is 5. The lowest BCUT2D eigenvalue weighted by Crippen LogP contribution is -2.21. The zero-order chi connectivity index (χ0) is 13.1. The first-order valence-electron chi connectivity index (χ1n) is 5.03. The first kappa shape index (κ1) is 12.4. The number of rotatable bonds is 4. The second-order valence-electron chi connectivity index (χ2n) is 3.50. The Labute approximate surface area is 107 Å². The normalized spacial score (nSPS) is 18.7. The molecule has 7 heteroatoms. The third-order valence-electron chi connectivity index (χ3n) is 2.21. The number of carbonyl (C=O) groups excluding carboxylic acids is 1. The summed E-state index contributed by atoms with van der Waals surface area (Å²) in [6, 6.07) is 8.49. The molecule has 0 radical (unpaired) electrons. The molecule has 0 bridgehead atoms. The van der Waals surface area contributed by atoms with E-state index >= 15 is 0 Å². The van der Waals surface area contributed by atoms with Crippen LogP contribution >= 0.6 is 11.6 Å². The van der Waals surface area contributed by atoms with Crippen molar-refractivity contribution in [1.29, 1.82) is 0 Å². The van der Waals surface area contributed by atoms with Crippen LogP contribution in [0, 0.1) is 10.1 Å². The van der Waals surface area contributed by atoms with Crippen LogP contribution in [0.25, 0.3) is 0 Å². The van der Waals surface area contributed by atoms with Crippen LogP contribution in [0.2, 0.25) is 0 Å². The van der Waals surface area contributed by atoms with E-state index in [1.54, 1.807) is 30.3 Å². The first-order valence-corrected chi connectivity index (χ1v) is 5.41. The molecule has 1 unspecified atom stereocenters. The minimum atomic E-state index is -1.08. The highest BCUT2D eigenvalue weighted by molar-refractivity contribution is 6.33. The molecule has 0 fully saturated rings. The molecule has 1 aliphatic heterocycles. The van der Waals surface area contributed by atoms with E-state index in [4.69, 9.17) is 21.1 Å². The third-order valence-corrected chi connectivity index (χ3v) is 2.63. The van der Waals surface area contributed by atoms with Crippen molar-refractivity contribution < 1.29 is 19.2 Å². The highest BCUT2D eigenvalue weighted by Gasteiger charge is 2.38. The van der Waals surface area contributed by atoms with Gasteiger partial charge in [-0.05, 0) is 12.1 Å². The van der Waals surface area contributed by atoms with E-state index in [0.29, 0.717) is 5.75 Å². The molecule has 1 heterocycles. The Hall–Kier alpha value is -2.08. The van der Waals surface area contributed by atoms with Gasteiger partial charge in [-0.2, -0.15) is 0 Å². The number of nitrogens with zero attached hydrogens (tertiary/aromatic N) is 1. The van der Waals surface area contributed by atoms with E-state index in [2.05, 4.69) is 0 Å². The zero-order valence-corrected chi connectivity index (χ0v) is 9.79. The van der Waals surface area contributed by atoms with Crippen LogP contribution in [0.1, 0.15) is 0 Å². The zero-order valence-electron chi connectivity index (χ0n) is 9.04. The van der Waals surface area contributed by atoms with Gasteiger partial charge in [0, 0.05) is 4.92 Å². The maximum Gasteiger partial charge on any atom is 0.376 e. The molecular weight excluding hydrogens is 262 g/mol. The molecule has 1 aromatic carbocycles. The predicted molar refractivity (Wildman–Crippen MR) is 61.7 cm³/mol. The fraction of sp³-hybridized carbons (Fsp3) is 0.182. The second kappa shape index (κ2) is 5.05. The molecule has 94 valence electrons. The Bertz CT molecular complexity index is 513. The van der Waals surface area contributed by atoms with E-state index < -0.39 is 23.5 Å². The monoisotopic (exact) mass is 269 g/mol. The van der Waals surface area contributed by atoms with Crippen molar-refractivity contribution in [3.63, 3.8) is 0 Å². The smallest absolute Gasteiger partial charge is 0.376 e. The summed E-state index contributed by atoms with van der Waals surface area (Å²) < 4.78 is 10.0. The highest BCUT2D eigenvalue weighted by atomic mass is 35.5. The summed E-state index contributed by atoms with van der Waals surface area (Å²) >= 11 is 5.84. The molecular formula is C11H8ClNO5. The second-order valence-corrected chi connectivity index (χ2v) is 3.91. The van der Waals surface area contributed by atoms with Crippen molar-refractivity contribution in [2.24, 2.45) is 0 Å². The summed E-state index contributed by atoms with van der Waals surface area (Å²) in [7, 11) is 0. The number of halogens is 1. The standard InChI is InChI=1S/C11H8ClNO5/c12-9-8(6-13(15)16)18-11(14)10(9)17-7-4-2-1-3-5-7/h1-5,8H,6H2. The van der Waals surface area contributed by atoms with Crippen LogP contribution in [-0.4, -0.2) is 23.5 Å². The van der Waals surface area contributed by atoms with Crippen molar-refractivity contribution in [1.82, 2.24) is 0 Å². The molecule has 1 aromatic rings. The topological polar surface area (TPSA) is 78.7 Å². The van der Waals surface area contributed by atoms with Crippen molar-refractivity contribution >= 4 is 17.6 Å². The van der Waals surface area contributed by atoms with E-state index in [1.807, 2.05) is 0 Å². The quantitative estimate of drug-likeness (QED) is 0.472. The van der Waals surface area contributed by atoms with Gasteiger partial charge in [-0.25, -0.2) is 4.79 Å². The lowest BCUT2D eigenvalue weighted by Gasteiger charge is -2.03. The van der Waals surface area contributed by atoms with Gasteiger partial charge in [0.05, 0.1) is 0 Å². The number of cyclic esters (lactones) is 1. The van der Waals surface area contributed by atoms with E-state index in [-0.39, 0.29) is 10.8 Å². The molecule has 0 spiro atoms. The van der Waals surface area contributed by atoms with E-state index in [1.165, 1.54) is 0 Å². The fourth-order valence-electron chi connectivity index (χ4n) is 1.43. The molecule has 0 N–H and O–H groups in total. The van der Waals surface area contributed by atoms with Crippen LogP contribution in [0.3, 0.4) is 0 Å². The van der Waals surface area contributed by atoms with Crippen LogP contribution < -0.4 is 4.74 Å². The Morgan fingerprint density at radius 1 is 1.39 bits per heavy atom. The average molecular weight is 270 g/mol. The van der Waals surface area contributed by atoms with Crippen LogP contribution in [0.15, 0.2) is 41.1 Å². The molecule has 0 saturated heterocycles. The van der Waals surface area contributed by atoms with Crippen molar-refractivity contribution in [2.45, 2.75) is 6.10 Å². The first-order chi connectivity index (χ1) is 8.58. The average Bonchev–Trinajstić information content (AvgIpc) is 2.58. The molecule has 0 aromatic heterocycles. The number of esters is 1.